The predicted molar refractivity (Wildman–Crippen MR) is 71.4 cm³/mol. The van der Waals surface area contributed by atoms with Crippen LogP contribution < -0.4 is 4.90 Å². The summed E-state index contributed by atoms with van der Waals surface area (Å²) < 4.78 is 0.806. The van der Waals surface area contributed by atoms with Crippen LogP contribution in [0.1, 0.15) is 19.8 Å². The van der Waals surface area contributed by atoms with Gasteiger partial charge in [-0.3, -0.25) is 10.1 Å². The number of non-ortho nitro benzene ring substituents is 1. The van der Waals surface area contributed by atoms with Gasteiger partial charge in [-0.25, -0.2) is 0 Å². The van der Waals surface area contributed by atoms with Gasteiger partial charge in [0.25, 0.3) is 5.69 Å². The minimum atomic E-state index is -0.368. The normalized spacial score (nSPS) is 20.4. The van der Waals surface area contributed by atoms with Crippen molar-refractivity contribution in [3.63, 3.8) is 0 Å². The van der Waals surface area contributed by atoms with Crippen molar-refractivity contribution < 1.29 is 4.92 Å². The van der Waals surface area contributed by atoms with Crippen molar-refractivity contribution in [2.75, 3.05) is 18.0 Å². The molecule has 1 aliphatic rings. The highest BCUT2D eigenvalue weighted by Crippen LogP contribution is 2.32. The summed E-state index contributed by atoms with van der Waals surface area (Å²) >= 11 is 3.42. The Morgan fingerprint density at radius 2 is 2.29 bits per heavy atom. The molecule has 0 aromatic heterocycles. The zero-order valence-corrected chi connectivity index (χ0v) is 11.3. The molecule has 4 nitrogen and oxygen atoms in total. The van der Waals surface area contributed by atoms with Crippen molar-refractivity contribution in [1.29, 1.82) is 0 Å². The standard InChI is InChI=1S/C12H15BrN2O2/c1-9-3-2-6-14(8-9)12-5-4-10(15(16)17)7-11(12)13/h4-5,7,9H,2-3,6,8H2,1H3. The van der Waals surface area contributed by atoms with Crippen LogP contribution in [0, 0.1) is 16.0 Å². The summed E-state index contributed by atoms with van der Waals surface area (Å²) in [5.74, 6) is 0.686. The van der Waals surface area contributed by atoms with E-state index in [1.54, 1.807) is 12.1 Å². The van der Waals surface area contributed by atoms with Gasteiger partial charge in [-0.15, -0.1) is 0 Å². The van der Waals surface area contributed by atoms with Gasteiger partial charge in [0.15, 0.2) is 0 Å². The number of anilines is 1. The lowest BCUT2D eigenvalue weighted by Gasteiger charge is -2.33. The Labute approximate surface area is 109 Å². The first kappa shape index (κ1) is 12.4. The number of hydrogen-bond donors (Lipinski definition) is 0. The second kappa shape index (κ2) is 5.04. The molecule has 92 valence electrons. The van der Waals surface area contributed by atoms with E-state index in [-0.39, 0.29) is 10.6 Å². The molecule has 1 unspecified atom stereocenters. The van der Waals surface area contributed by atoms with Crippen LogP contribution in [-0.4, -0.2) is 18.0 Å². The Morgan fingerprint density at radius 1 is 1.53 bits per heavy atom. The van der Waals surface area contributed by atoms with Crippen molar-refractivity contribution in [3.05, 3.63) is 32.8 Å². The number of nitrogens with zero attached hydrogens (tertiary/aromatic N) is 2. The molecule has 0 saturated carbocycles. The average molecular weight is 299 g/mol. The van der Waals surface area contributed by atoms with E-state index in [2.05, 4.69) is 27.8 Å². The predicted octanol–water partition coefficient (Wildman–Crippen LogP) is 3.59. The topological polar surface area (TPSA) is 46.4 Å². The highest BCUT2D eigenvalue weighted by Gasteiger charge is 2.19. The molecule has 1 saturated heterocycles. The van der Waals surface area contributed by atoms with Crippen LogP contribution >= 0.6 is 15.9 Å². The molecule has 0 radical (unpaired) electrons. The van der Waals surface area contributed by atoms with Gasteiger partial charge in [0.1, 0.15) is 0 Å². The molecular formula is C12H15BrN2O2. The first-order valence-corrected chi connectivity index (χ1v) is 6.56. The molecule has 1 aromatic rings. The molecule has 0 aliphatic carbocycles. The molecule has 0 spiro atoms. The number of benzene rings is 1. The Morgan fingerprint density at radius 3 is 2.88 bits per heavy atom. The van der Waals surface area contributed by atoms with Gasteiger partial charge in [0.2, 0.25) is 0 Å². The summed E-state index contributed by atoms with van der Waals surface area (Å²) in [5.41, 5.74) is 1.19. The second-order valence-corrected chi connectivity index (χ2v) is 5.44. The van der Waals surface area contributed by atoms with E-state index < -0.39 is 0 Å². The molecule has 1 aromatic carbocycles. The van der Waals surface area contributed by atoms with E-state index in [4.69, 9.17) is 0 Å². The third-order valence-corrected chi connectivity index (χ3v) is 3.77. The van der Waals surface area contributed by atoms with Gasteiger partial charge in [-0.05, 0) is 40.8 Å². The molecular weight excluding hydrogens is 284 g/mol. The van der Waals surface area contributed by atoms with Crippen molar-refractivity contribution in [3.8, 4) is 0 Å². The molecule has 17 heavy (non-hydrogen) atoms. The number of hydrogen-bond acceptors (Lipinski definition) is 3. The molecule has 0 amide bonds. The Kier molecular flexibility index (Phi) is 3.66. The lowest BCUT2D eigenvalue weighted by atomic mass is 10.00. The molecule has 1 aliphatic heterocycles. The Balaban J connectivity index is 2.23. The molecule has 1 atom stereocenters. The maximum absolute atomic E-state index is 10.7. The number of nitro benzene ring substituents is 1. The van der Waals surface area contributed by atoms with Crippen molar-refractivity contribution in [2.24, 2.45) is 5.92 Å². The SMILES string of the molecule is CC1CCCN(c2ccc([N+](=O)[O-])cc2Br)C1. The fourth-order valence-corrected chi connectivity index (χ4v) is 2.89. The van der Waals surface area contributed by atoms with Crippen molar-refractivity contribution >= 4 is 27.3 Å². The van der Waals surface area contributed by atoms with Gasteiger partial charge in [0.05, 0.1) is 10.6 Å². The maximum Gasteiger partial charge on any atom is 0.270 e. The van der Waals surface area contributed by atoms with Gasteiger partial charge in [-0.1, -0.05) is 6.92 Å². The van der Waals surface area contributed by atoms with E-state index in [0.29, 0.717) is 5.92 Å². The first-order chi connectivity index (χ1) is 8.08. The summed E-state index contributed by atoms with van der Waals surface area (Å²) in [6, 6.07) is 4.98. The molecule has 2 rings (SSSR count). The minimum Gasteiger partial charge on any atom is -0.370 e. The van der Waals surface area contributed by atoms with E-state index >= 15 is 0 Å². The number of rotatable bonds is 2. The smallest absolute Gasteiger partial charge is 0.270 e. The zero-order chi connectivity index (χ0) is 12.4. The average Bonchev–Trinajstić information content (AvgIpc) is 2.28. The summed E-state index contributed by atoms with van der Waals surface area (Å²) in [7, 11) is 0. The first-order valence-electron chi connectivity index (χ1n) is 5.77. The lowest BCUT2D eigenvalue weighted by Crippen LogP contribution is -2.34. The van der Waals surface area contributed by atoms with E-state index in [0.717, 1.165) is 23.2 Å². The monoisotopic (exact) mass is 298 g/mol. The summed E-state index contributed by atoms with van der Waals surface area (Å²) in [6.07, 6.45) is 2.45. The molecule has 5 heteroatoms. The number of halogens is 1. The second-order valence-electron chi connectivity index (χ2n) is 4.59. The fraction of sp³-hybridized carbons (Fsp3) is 0.500. The third kappa shape index (κ3) is 2.77. The van der Waals surface area contributed by atoms with E-state index in [1.165, 1.54) is 12.8 Å². The van der Waals surface area contributed by atoms with Crippen molar-refractivity contribution in [1.82, 2.24) is 0 Å². The van der Waals surface area contributed by atoms with Gasteiger partial charge >= 0.3 is 0 Å². The minimum absolute atomic E-state index is 0.130. The van der Waals surface area contributed by atoms with Crippen LogP contribution in [0.25, 0.3) is 0 Å². The van der Waals surface area contributed by atoms with Gasteiger partial charge < -0.3 is 4.90 Å². The van der Waals surface area contributed by atoms with Gasteiger partial charge in [0, 0.05) is 29.7 Å². The fourth-order valence-electron chi connectivity index (χ4n) is 2.27. The highest BCUT2D eigenvalue weighted by atomic mass is 79.9. The van der Waals surface area contributed by atoms with Crippen molar-refractivity contribution in [2.45, 2.75) is 19.8 Å². The molecule has 0 bridgehead atoms. The van der Waals surface area contributed by atoms with Crippen LogP contribution in [0.2, 0.25) is 0 Å². The lowest BCUT2D eigenvalue weighted by molar-refractivity contribution is -0.384. The van der Waals surface area contributed by atoms with Crippen LogP contribution in [0.5, 0.6) is 0 Å². The quantitative estimate of drug-likeness (QED) is 0.619. The number of piperidine rings is 1. The third-order valence-electron chi connectivity index (χ3n) is 3.14. The zero-order valence-electron chi connectivity index (χ0n) is 9.73. The summed E-state index contributed by atoms with van der Waals surface area (Å²) in [4.78, 5) is 12.6. The molecule has 1 heterocycles. The van der Waals surface area contributed by atoms with E-state index in [9.17, 15) is 10.1 Å². The largest absolute Gasteiger partial charge is 0.370 e. The Hall–Kier alpha value is -1.10. The maximum atomic E-state index is 10.7. The van der Waals surface area contributed by atoms with Crippen LogP contribution in [0.4, 0.5) is 11.4 Å². The van der Waals surface area contributed by atoms with E-state index in [1.807, 2.05) is 6.07 Å². The van der Waals surface area contributed by atoms with Crippen LogP contribution in [0.3, 0.4) is 0 Å². The molecule has 1 fully saturated rings. The Bertz CT molecular complexity index is 437. The summed E-state index contributed by atoms with van der Waals surface area (Å²) in [6.45, 7) is 4.29. The number of nitro groups is 1. The highest BCUT2D eigenvalue weighted by molar-refractivity contribution is 9.10. The van der Waals surface area contributed by atoms with Gasteiger partial charge in [-0.2, -0.15) is 0 Å². The summed E-state index contributed by atoms with van der Waals surface area (Å²) in [5, 5.41) is 10.7. The van der Waals surface area contributed by atoms with Crippen LogP contribution in [0.15, 0.2) is 22.7 Å². The molecule has 0 N–H and O–H groups in total. The van der Waals surface area contributed by atoms with Crippen LogP contribution in [-0.2, 0) is 0 Å².